The molecule has 0 heterocycles. The van der Waals surface area contributed by atoms with Gasteiger partial charge in [0, 0.05) is 19.8 Å². The standard InChI is InChI=1S/C12H20NP/c1-5-9(2)11-8-10(14)6-7-12(11)13(3)4/h6-9H,5,14H2,1-4H3. The van der Waals surface area contributed by atoms with Crippen LogP contribution in [0.5, 0.6) is 0 Å². The third kappa shape index (κ3) is 2.48. The highest BCUT2D eigenvalue weighted by atomic mass is 31.0. The predicted octanol–water partition coefficient (Wildman–Crippen LogP) is 2.77. The lowest BCUT2D eigenvalue weighted by Crippen LogP contribution is -2.13. The van der Waals surface area contributed by atoms with Gasteiger partial charge in [-0.3, -0.25) is 0 Å². The zero-order chi connectivity index (χ0) is 10.7. The Bertz CT molecular complexity index is 307. The van der Waals surface area contributed by atoms with Crippen molar-refractivity contribution in [3.63, 3.8) is 0 Å². The lowest BCUT2D eigenvalue weighted by molar-refractivity contribution is 0.732. The first-order valence-corrected chi connectivity index (χ1v) is 5.70. The van der Waals surface area contributed by atoms with Crippen LogP contribution in [0, 0.1) is 0 Å². The Labute approximate surface area is 89.7 Å². The smallest absolute Gasteiger partial charge is 0.0396 e. The largest absolute Gasteiger partial charge is 0.377 e. The summed E-state index contributed by atoms with van der Waals surface area (Å²) in [5.41, 5.74) is 2.79. The third-order valence-electron chi connectivity index (χ3n) is 2.68. The second kappa shape index (κ2) is 4.79. The van der Waals surface area contributed by atoms with Crippen LogP contribution in [-0.4, -0.2) is 14.1 Å². The number of nitrogens with zero attached hydrogens (tertiary/aromatic N) is 1. The molecule has 0 amide bonds. The summed E-state index contributed by atoms with van der Waals surface area (Å²) in [5.74, 6) is 0.632. The second-order valence-corrected chi connectivity index (χ2v) is 4.69. The first-order valence-electron chi connectivity index (χ1n) is 5.13. The number of anilines is 1. The molecule has 1 aromatic carbocycles. The van der Waals surface area contributed by atoms with Crippen LogP contribution in [0.3, 0.4) is 0 Å². The van der Waals surface area contributed by atoms with Gasteiger partial charge in [-0.05, 0) is 35.3 Å². The van der Waals surface area contributed by atoms with E-state index >= 15 is 0 Å². The van der Waals surface area contributed by atoms with Crippen molar-refractivity contribution in [1.82, 2.24) is 0 Å². The summed E-state index contributed by atoms with van der Waals surface area (Å²) < 4.78 is 0. The van der Waals surface area contributed by atoms with E-state index in [2.05, 4.69) is 60.3 Å². The molecule has 0 radical (unpaired) electrons. The minimum atomic E-state index is 0.632. The molecular formula is C12H20NP. The Morgan fingerprint density at radius 2 is 2.00 bits per heavy atom. The molecular weight excluding hydrogens is 189 g/mol. The number of hydrogen-bond donors (Lipinski definition) is 0. The van der Waals surface area contributed by atoms with Crippen LogP contribution in [0.25, 0.3) is 0 Å². The SMILES string of the molecule is CCC(C)c1cc(P)ccc1N(C)C. The van der Waals surface area contributed by atoms with E-state index in [1.165, 1.54) is 23.0 Å². The molecule has 0 aliphatic rings. The van der Waals surface area contributed by atoms with Crippen molar-refractivity contribution in [2.24, 2.45) is 0 Å². The fraction of sp³-hybridized carbons (Fsp3) is 0.500. The normalized spacial score (nSPS) is 12.6. The maximum atomic E-state index is 2.77. The van der Waals surface area contributed by atoms with Crippen molar-refractivity contribution < 1.29 is 0 Å². The molecule has 2 atom stereocenters. The molecule has 0 bridgehead atoms. The Morgan fingerprint density at radius 3 is 2.50 bits per heavy atom. The summed E-state index contributed by atoms with van der Waals surface area (Å²) in [6.45, 7) is 4.52. The zero-order valence-corrected chi connectivity index (χ0v) is 10.7. The van der Waals surface area contributed by atoms with E-state index in [0.717, 1.165) is 0 Å². The minimum Gasteiger partial charge on any atom is -0.377 e. The molecule has 78 valence electrons. The molecule has 14 heavy (non-hydrogen) atoms. The topological polar surface area (TPSA) is 3.24 Å². The van der Waals surface area contributed by atoms with Crippen LogP contribution < -0.4 is 10.2 Å². The Kier molecular flexibility index (Phi) is 3.95. The van der Waals surface area contributed by atoms with Gasteiger partial charge in [-0.1, -0.05) is 19.9 Å². The average molecular weight is 209 g/mol. The van der Waals surface area contributed by atoms with Gasteiger partial charge >= 0.3 is 0 Å². The molecule has 0 aliphatic heterocycles. The molecule has 0 spiro atoms. The van der Waals surface area contributed by atoms with Crippen molar-refractivity contribution >= 4 is 20.2 Å². The van der Waals surface area contributed by atoms with Crippen LogP contribution >= 0.6 is 9.24 Å². The molecule has 0 N–H and O–H groups in total. The van der Waals surface area contributed by atoms with E-state index in [1.54, 1.807) is 0 Å². The van der Waals surface area contributed by atoms with Crippen molar-refractivity contribution in [3.05, 3.63) is 23.8 Å². The summed E-state index contributed by atoms with van der Waals surface area (Å²) in [5, 5.41) is 1.27. The zero-order valence-electron chi connectivity index (χ0n) is 9.54. The van der Waals surface area contributed by atoms with Crippen LogP contribution in [0.2, 0.25) is 0 Å². The lowest BCUT2D eigenvalue weighted by atomic mass is 9.96. The van der Waals surface area contributed by atoms with Crippen LogP contribution in [0.15, 0.2) is 18.2 Å². The van der Waals surface area contributed by atoms with E-state index in [1.807, 2.05) is 0 Å². The van der Waals surface area contributed by atoms with E-state index < -0.39 is 0 Å². The maximum Gasteiger partial charge on any atom is 0.0396 e. The Hall–Kier alpha value is -0.550. The van der Waals surface area contributed by atoms with Crippen molar-refractivity contribution in [3.8, 4) is 0 Å². The van der Waals surface area contributed by atoms with Crippen molar-refractivity contribution in [2.45, 2.75) is 26.2 Å². The van der Waals surface area contributed by atoms with Crippen LogP contribution in [0.4, 0.5) is 5.69 Å². The molecule has 1 aromatic rings. The third-order valence-corrected chi connectivity index (χ3v) is 3.04. The van der Waals surface area contributed by atoms with Gasteiger partial charge in [0.15, 0.2) is 0 Å². The van der Waals surface area contributed by atoms with Gasteiger partial charge in [0.2, 0.25) is 0 Å². The molecule has 1 rings (SSSR count). The monoisotopic (exact) mass is 209 g/mol. The molecule has 2 unspecified atom stereocenters. The molecule has 1 nitrogen and oxygen atoms in total. The van der Waals surface area contributed by atoms with Gasteiger partial charge in [-0.2, -0.15) is 0 Å². The summed E-state index contributed by atoms with van der Waals surface area (Å²) >= 11 is 0. The molecule has 2 heteroatoms. The van der Waals surface area contributed by atoms with Gasteiger partial charge in [-0.25, -0.2) is 0 Å². The summed E-state index contributed by atoms with van der Waals surface area (Å²) in [4.78, 5) is 2.19. The van der Waals surface area contributed by atoms with Crippen molar-refractivity contribution in [2.75, 3.05) is 19.0 Å². The average Bonchev–Trinajstić information content (AvgIpc) is 2.16. The molecule has 0 saturated carbocycles. The highest BCUT2D eigenvalue weighted by molar-refractivity contribution is 7.27. The highest BCUT2D eigenvalue weighted by Gasteiger charge is 2.10. The molecule has 0 saturated heterocycles. The van der Waals surface area contributed by atoms with E-state index in [4.69, 9.17) is 0 Å². The summed E-state index contributed by atoms with van der Waals surface area (Å²) in [6, 6.07) is 6.61. The summed E-state index contributed by atoms with van der Waals surface area (Å²) in [6.07, 6.45) is 1.19. The number of rotatable bonds is 3. The Morgan fingerprint density at radius 1 is 1.36 bits per heavy atom. The van der Waals surface area contributed by atoms with Gasteiger partial charge in [0.05, 0.1) is 0 Å². The minimum absolute atomic E-state index is 0.632. The fourth-order valence-electron chi connectivity index (χ4n) is 1.59. The van der Waals surface area contributed by atoms with Crippen LogP contribution in [0.1, 0.15) is 31.7 Å². The number of benzene rings is 1. The first-order chi connectivity index (χ1) is 6.56. The van der Waals surface area contributed by atoms with Gasteiger partial charge in [0.1, 0.15) is 0 Å². The summed E-state index contributed by atoms with van der Waals surface area (Å²) in [7, 11) is 6.97. The van der Waals surface area contributed by atoms with Crippen LogP contribution in [-0.2, 0) is 0 Å². The Balaban J connectivity index is 3.15. The van der Waals surface area contributed by atoms with E-state index in [0.29, 0.717) is 5.92 Å². The van der Waals surface area contributed by atoms with E-state index in [9.17, 15) is 0 Å². The number of hydrogen-bond acceptors (Lipinski definition) is 1. The van der Waals surface area contributed by atoms with Gasteiger partial charge in [-0.15, -0.1) is 9.24 Å². The maximum absolute atomic E-state index is 2.77. The molecule has 0 fully saturated rings. The molecule has 0 aromatic heterocycles. The van der Waals surface area contributed by atoms with E-state index in [-0.39, 0.29) is 0 Å². The quantitative estimate of drug-likeness (QED) is 0.692. The van der Waals surface area contributed by atoms with Crippen molar-refractivity contribution in [1.29, 1.82) is 0 Å². The van der Waals surface area contributed by atoms with Gasteiger partial charge < -0.3 is 4.90 Å². The second-order valence-electron chi connectivity index (χ2n) is 4.02. The van der Waals surface area contributed by atoms with Gasteiger partial charge in [0.25, 0.3) is 0 Å². The highest BCUT2D eigenvalue weighted by Crippen LogP contribution is 2.27. The lowest BCUT2D eigenvalue weighted by Gasteiger charge is -2.21. The molecule has 0 aliphatic carbocycles. The first kappa shape index (κ1) is 11.5. The predicted molar refractivity (Wildman–Crippen MR) is 68.8 cm³/mol. The fourth-order valence-corrected chi connectivity index (χ4v) is 1.87.